The van der Waals surface area contributed by atoms with Crippen molar-refractivity contribution in [3.63, 3.8) is 0 Å². The Labute approximate surface area is 127 Å². The Morgan fingerprint density at radius 2 is 1.90 bits per heavy atom. The van der Waals surface area contributed by atoms with Gasteiger partial charge in [0.2, 0.25) is 0 Å². The highest BCUT2D eigenvalue weighted by molar-refractivity contribution is 6.02. The Morgan fingerprint density at radius 1 is 1.29 bits per heavy atom. The van der Waals surface area contributed by atoms with Crippen LogP contribution in [0.2, 0.25) is 0 Å². The van der Waals surface area contributed by atoms with Crippen molar-refractivity contribution in [3.05, 3.63) is 29.3 Å². The number of aryl methyl sites for hydroxylation is 1. The third-order valence-corrected chi connectivity index (χ3v) is 4.60. The van der Waals surface area contributed by atoms with Gasteiger partial charge in [0.05, 0.1) is 0 Å². The van der Waals surface area contributed by atoms with Crippen molar-refractivity contribution in [1.29, 1.82) is 0 Å². The van der Waals surface area contributed by atoms with Gasteiger partial charge in [-0.1, -0.05) is 32.0 Å². The molecule has 0 amide bonds. The summed E-state index contributed by atoms with van der Waals surface area (Å²) in [5.74, 6) is 0.939. The van der Waals surface area contributed by atoms with E-state index in [1.165, 1.54) is 18.4 Å². The number of amidine groups is 1. The normalized spacial score (nSPS) is 18.1. The average Bonchev–Trinajstić information content (AvgIpc) is 2.45. The summed E-state index contributed by atoms with van der Waals surface area (Å²) >= 11 is 0. The summed E-state index contributed by atoms with van der Waals surface area (Å²) in [5.41, 5.74) is 9.28. The quantitative estimate of drug-likeness (QED) is 0.380. The van der Waals surface area contributed by atoms with Crippen LogP contribution in [0.5, 0.6) is 0 Å². The van der Waals surface area contributed by atoms with E-state index in [1.807, 2.05) is 12.1 Å². The second kappa shape index (κ2) is 5.96. The molecule has 1 fully saturated rings. The second-order valence-corrected chi connectivity index (χ2v) is 7.13. The third-order valence-electron chi connectivity index (χ3n) is 4.60. The van der Waals surface area contributed by atoms with Gasteiger partial charge >= 0.3 is 0 Å². The van der Waals surface area contributed by atoms with Crippen LogP contribution in [0, 0.1) is 18.3 Å². The Bertz CT molecular complexity index is 523. The predicted octanol–water partition coefficient (Wildman–Crippen LogP) is 3.35. The van der Waals surface area contributed by atoms with Gasteiger partial charge in [-0.15, -0.1) is 0 Å². The summed E-state index contributed by atoms with van der Waals surface area (Å²) in [6.45, 7) is 11.1. The molecule has 1 aromatic carbocycles. The molecule has 0 bridgehead atoms. The van der Waals surface area contributed by atoms with Crippen LogP contribution < -0.4 is 10.6 Å². The van der Waals surface area contributed by atoms with E-state index in [9.17, 15) is 0 Å². The predicted molar refractivity (Wildman–Crippen MR) is 88.1 cm³/mol. The van der Waals surface area contributed by atoms with Crippen LogP contribution >= 0.6 is 0 Å². The number of oxime groups is 1. The summed E-state index contributed by atoms with van der Waals surface area (Å²) < 4.78 is 0. The fraction of sp³-hybridized carbons (Fsp3) is 0.588. The average molecular weight is 289 g/mol. The number of benzene rings is 1. The van der Waals surface area contributed by atoms with E-state index in [2.05, 4.69) is 43.8 Å². The van der Waals surface area contributed by atoms with Crippen LogP contribution in [0.4, 0.5) is 5.69 Å². The first kappa shape index (κ1) is 15.7. The molecule has 1 aliphatic heterocycles. The van der Waals surface area contributed by atoms with Crippen molar-refractivity contribution in [1.82, 2.24) is 0 Å². The summed E-state index contributed by atoms with van der Waals surface area (Å²) in [5, 5.41) is 12.1. The number of anilines is 1. The highest BCUT2D eigenvalue weighted by atomic mass is 16.4. The number of piperidine rings is 1. The first-order valence-electron chi connectivity index (χ1n) is 7.66. The van der Waals surface area contributed by atoms with Gasteiger partial charge in [0.25, 0.3) is 0 Å². The number of nitrogens with two attached hydrogens (primary N) is 1. The second-order valence-electron chi connectivity index (χ2n) is 7.13. The molecule has 0 aliphatic carbocycles. The van der Waals surface area contributed by atoms with Crippen molar-refractivity contribution < 1.29 is 5.21 Å². The molecule has 1 heterocycles. The fourth-order valence-electron chi connectivity index (χ4n) is 3.16. The molecule has 0 spiro atoms. The van der Waals surface area contributed by atoms with E-state index < -0.39 is 0 Å². The highest BCUT2D eigenvalue weighted by Gasteiger charge is 2.29. The van der Waals surface area contributed by atoms with Gasteiger partial charge in [-0.25, -0.2) is 0 Å². The van der Waals surface area contributed by atoms with E-state index in [-0.39, 0.29) is 5.84 Å². The van der Waals surface area contributed by atoms with E-state index in [0.717, 1.165) is 30.3 Å². The molecule has 4 nitrogen and oxygen atoms in total. The van der Waals surface area contributed by atoms with Crippen molar-refractivity contribution in [2.75, 3.05) is 18.0 Å². The highest BCUT2D eigenvalue weighted by Crippen LogP contribution is 2.36. The van der Waals surface area contributed by atoms with Gasteiger partial charge in [-0.2, -0.15) is 0 Å². The minimum atomic E-state index is 0.183. The monoisotopic (exact) mass is 289 g/mol. The summed E-state index contributed by atoms with van der Waals surface area (Å²) in [6.07, 6.45) is 2.38. The van der Waals surface area contributed by atoms with Crippen LogP contribution in [0.1, 0.15) is 44.7 Å². The first-order valence-corrected chi connectivity index (χ1v) is 7.66. The summed E-state index contributed by atoms with van der Waals surface area (Å²) in [6, 6.07) is 6.07. The van der Waals surface area contributed by atoms with Crippen molar-refractivity contribution in [3.8, 4) is 0 Å². The van der Waals surface area contributed by atoms with Crippen LogP contribution in [0.15, 0.2) is 23.4 Å². The zero-order chi connectivity index (χ0) is 15.6. The molecule has 0 atom stereocenters. The summed E-state index contributed by atoms with van der Waals surface area (Å²) in [7, 11) is 0. The van der Waals surface area contributed by atoms with Gasteiger partial charge in [-0.05, 0) is 48.8 Å². The van der Waals surface area contributed by atoms with E-state index >= 15 is 0 Å². The molecule has 116 valence electrons. The lowest BCUT2D eigenvalue weighted by Crippen LogP contribution is -2.39. The van der Waals surface area contributed by atoms with Gasteiger partial charge < -0.3 is 15.8 Å². The lowest BCUT2D eigenvalue weighted by atomic mass is 9.75. The number of rotatable bonds is 2. The standard InChI is InChI=1S/C17H27N3O/c1-12-5-6-14(16(18)19-21)15(11-12)20-9-7-13(8-10-20)17(2,3)4/h5-6,11,13,21H,7-10H2,1-4H3,(H2,18,19). The molecule has 0 radical (unpaired) electrons. The van der Waals surface area contributed by atoms with Gasteiger partial charge in [0, 0.05) is 24.3 Å². The lowest BCUT2D eigenvalue weighted by Gasteiger charge is -2.40. The molecule has 1 aliphatic rings. The Kier molecular flexibility index (Phi) is 4.45. The summed E-state index contributed by atoms with van der Waals surface area (Å²) in [4.78, 5) is 2.36. The fourth-order valence-corrected chi connectivity index (χ4v) is 3.16. The van der Waals surface area contributed by atoms with E-state index in [4.69, 9.17) is 10.9 Å². The Morgan fingerprint density at radius 3 is 2.43 bits per heavy atom. The molecule has 0 unspecified atom stereocenters. The number of hydrogen-bond acceptors (Lipinski definition) is 3. The minimum absolute atomic E-state index is 0.183. The SMILES string of the molecule is Cc1ccc(C(N)=NO)c(N2CCC(C(C)(C)C)CC2)c1. The molecule has 0 aromatic heterocycles. The number of hydrogen-bond donors (Lipinski definition) is 2. The maximum Gasteiger partial charge on any atom is 0.172 e. The van der Waals surface area contributed by atoms with E-state index in [1.54, 1.807) is 0 Å². The molecule has 1 aromatic rings. The van der Waals surface area contributed by atoms with Crippen LogP contribution in [-0.4, -0.2) is 24.1 Å². The zero-order valence-corrected chi connectivity index (χ0v) is 13.6. The molecule has 1 saturated heterocycles. The third kappa shape index (κ3) is 3.49. The maximum atomic E-state index is 8.97. The molecular weight excluding hydrogens is 262 g/mol. The molecule has 4 heteroatoms. The molecule has 0 saturated carbocycles. The topological polar surface area (TPSA) is 61.9 Å². The zero-order valence-electron chi connectivity index (χ0n) is 13.6. The first-order chi connectivity index (χ1) is 9.82. The van der Waals surface area contributed by atoms with E-state index in [0.29, 0.717) is 5.41 Å². The lowest BCUT2D eigenvalue weighted by molar-refractivity contribution is 0.199. The van der Waals surface area contributed by atoms with Crippen LogP contribution in [0.25, 0.3) is 0 Å². The number of nitrogens with zero attached hydrogens (tertiary/aromatic N) is 2. The van der Waals surface area contributed by atoms with Crippen LogP contribution in [0.3, 0.4) is 0 Å². The Hall–Kier alpha value is -1.71. The smallest absolute Gasteiger partial charge is 0.172 e. The van der Waals surface area contributed by atoms with Crippen LogP contribution in [-0.2, 0) is 0 Å². The Balaban J connectivity index is 2.22. The van der Waals surface area contributed by atoms with Gasteiger partial charge in [0.1, 0.15) is 0 Å². The van der Waals surface area contributed by atoms with Crippen molar-refractivity contribution in [2.24, 2.45) is 22.2 Å². The molecular formula is C17H27N3O. The van der Waals surface area contributed by atoms with Crippen molar-refractivity contribution in [2.45, 2.75) is 40.5 Å². The minimum Gasteiger partial charge on any atom is -0.409 e. The van der Waals surface area contributed by atoms with Gasteiger partial charge in [-0.3, -0.25) is 0 Å². The molecule has 2 rings (SSSR count). The maximum absolute atomic E-state index is 8.97. The van der Waals surface area contributed by atoms with Crippen molar-refractivity contribution >= 4 is 11.5 Å². The molecule has 21 heavy (non-hydrogen) atoms. The van der Waals surface area contributed by atoms with Gasteiger partial charge in [0.15, 0.2) is 5.84 Å². The largest absolute Gasteiger partial charge is 0.409 e. The molecule has 3 N–H and O–H groups in total.